The molecule has 0 amide bonds. The number of aliphatic imine (C=N–C) groups is 1. The molecule has 124 valence electrons. The summed E-state index contributed by atoms with van der Waals surface area (Å²) in [4.78, 5) is 19.6. The zero-order valence-electron chi connectivity index (χ0n) is 14.3. The second kappa shape index (κ2) is 6.48. The summed E-state index contributed by atoms with van der Waals surface area (Å²) in [5.41, 5.74) is 2.96. The number of hydrogen-bond donors (Lipinski definition) is 0. The highest BCUT2D eigenvalue weighted by Gasteiger charge is 2.39. The Kier molecular flexibility index (Phi) is 4.38. The van der Waals surface area contributed by atoms with Crippen molar-refractivity contribution in [1.82, 2.24) is 0 Å². The van der Waals surface area contributed by atoms with Gasteiger partial charge in [-0.25, -0.2) is 4.79 Å². The maximum absolute atomic E-state index is 12.6. The number of fused-ring (bicyclic) bond motifs is 1. The molecular formula is C20H22N2O2. The number of rotatable bonds is 3. The Morgan fingerprint density at radius 1 is 1.17 bits per heavy atom. The van der Waals surface area contributed by atoms with E-state index < -0.39 is 5.54 Å². The van der Waals surface area contributed by atoms with Crippen molar-refractivity contribution in [3.05, 3.63) is 65.7 Å². The van der Waals surface area contributed by atoms with Crippen LogP contribution in [0.1, 0.15) is 25.0 Å². The van der Waals surface area contributed by atoms with Gasteiger partial charge in [-0.05, 0) is 19.9 Å². The summed E-state index contributed by atoms with van der Waals surface area (Å²) < 4.78 is 5.30. The first-order chi connectivity index (χ1) is 11.5. The highest BCUT2D eigenvalue weighted by Crippen LogP contribution is 2.31. The number of ether oxygens (including phenoxy) is 1. The molecule has 0 N–H and O–H groups in total. The van der Waals surface area contributed by atoms with Gasteiger partial charge in [0.1, 0.15) is 0 Å². The molecule has 0 aromatic heterocycles. The highest BCUT2D eigenvalue weighted by molar-refractivity contribution is 6.17. The third-order valence-electron chi connectivity index (χ3n) is 4.24. The summed E-state index contributed by atoms with van der Waals surface area (Å²) in [5, 5.41) is 0. The molecule has 1 unspecified atom stereocenters. The van der Waals surface area contributed by atoms with Gasteiger partial charge in [-0.2, -0.15) is 0 Å². The van der Waals surface area contributed by atoms with Gasteiger partial charge in [0.2, 0.25) is 0 Å². The first kappa shape index (κ1) is 16.2. The van der Waals surface area contributed by atoms with E-state index in [2.05, 4.69) is 17.0 Å². The van der Waals surface area contributed by atoms with Gasteiger partial charge >= 0.3 is 5.97 Å². The summed E-state index contributed by atoms with van der Waals surface area (Å²) in [6.07, 6.45) is 0. The van der Waals surface area contributed by atoms with Crippen LogP contribution in [0.4, 0.5) is 5.69 Å². The van der Waals surface area contributed by atoms with Gasteiger partial charge in [0.15, 0.2) is 5.54 Å². The van der Waals surface area contributed by atoms with Crippen molar-refractivity contribution in [3.63, 3.8) is 0 Å². The summed E-state index contributed by atoms with van der Waals surface area (Å²) in [6, 6.07) is 18.1. The Balaban J connectivity index is 2.20. The van der Waals surface area contributed by atoms with Gasteiger partial charge in [-0.3, -0.25) is 4.99 Å². The van der Waals surface area contributed by atoms with Gasteiger partial charge in [0.05, 0.1) is 18.9 Å². The van der Waals surface area contributed by atoms with Crippen molar-refractivity contribution in [1.29, 1.82) is 0 Å². The van der Waals surface area contributed by atoms with E-state index in [9.17, 15) is 4.79 Å². The number of benzodiazepines with no additional fused rings is 1. The average molecular weight is 322 g/mol. The number of carbonyl (C=O) groups excluding carboxylic acids is 1. The van der Waals surface area contributed by atoms with Gasteiger partial charge in [-0.1, -0.05) is 48.5 Å². The van der Waals surface area contributed by atoms with Crippen molar-refractivity contribution in [2.24, 2.45) is 4.99 Å². The molecule has 2 aromatic rings. The molecule has 3 rings (SSSR count). The minimum atomic E-state index is -0.949. The highest BCUT2D eigenvalue weighted by atomic mass is 16.5. The normalized spacial score (nSPS) is 20.0. The molecule has 0 saturated heterocycles. The molecule has 4 nitrogen and oxygen atoms in total. The summed E-state index contributed by atoms with van der Waals surface area (Å²) in [7, 11) is 1.99. The second-order valence-corrected chi connectivity index (χ2v) is 6.19. The van der Waals surface area contributed by atoms with E-state index in [1.54, 1.807) is 0 Å². The molecule has 0 bridgehead atoms. The molecule has 0 saturated carbocycles. The molecule has 0 fully saturated rings. The number of likely N-dealkylation sites (N-methyl/N-ethyl adjacent to an activating group) is 1. The van der Waals surface area contributed by atoms with E-state index in [0.717, 1.165) is 22.5 Å². The number of benzene rings is 2. The van der Waals surface area contributed by atoms with Gasteiger partial charge in [0, 0.05) is 23.9 Å². The number of nitrogens with zero attached hydrogens (tertiary/aromatic N) is 2. The minimum absolute atomic E-state index is 0.293. The quantitative estimate of drug-likeness (QED) is 0.814. The smallest absolute Gasteiger partial charge is 0.335 e. The minimum Gasteiger partial charge on any atom is -0.464 e. The maximum Gasteiger partial charge on any atom is 0.335 e. The van der Waals surface area contributed by atoms with Crippen LogP contribution in [0.25, 0.3) is 0 Å². The lowest BCUT2D eigenvalue weighted by atomic mass is 9.99. The Hall–Kier alpha value is -2.62. The van der Waals surface area contributed by atoms with Crippen LogP contribution in [0, 0.1) is 0 Å². The lowest BCUT2D eigenvalue weighted by Crippen LogP contribution is -2.45. The Bertz CT molecular complexity index is 770. The van der Waals surface area contributed by atoms with Gasteiger partial charge in [-0.15, -0.1) is 0 Å². The number of carbonyl (C=O) groups is 1. The Morgan fingerprint density at radius 2 is 1.83 bits per heavy atom. The zero-order valence-corrected chi connectivity index (χ0v) is 14.3. The topological polar surface area (TPSA) is 41.9 Å². The fourth-order valence-electron chi connectivity index (χ4n) is 3.11. The standard InChI is InChI=1S/C20H22N2O2/c1-4-24-19(23)20(2)14-22(3)17-13-9-8-12-16(17)18(21-20)15-10-6-5-7-11-15/h5-13H,4,14H2,1-3H3. The van der Waals surface area contributed by atoms with E-state index in [0.29, 0.717) is 13.2 Å². The summed E-state index contributed by atoms with van der Waals surface area (Å²) in [6.45, 7) is 4.48. The number of hydrogen-bond acceptors (Lipinski definition) is 4. The molecule has 1 atom stereocenters. The van der Waals surface area contributed by atoms with E-state index in [1.807, 2.05) is 63.4 Å². The number of esters is 1. The lowest BCUT2D eigenvalue weighted by molar-refractivity contribution is -0.148. The molecule has 4 heteroatoms. The largest absolute Gasteiger partial charge is 0.464 e. The van der Waals surface area contributed by atoms with Crippen molar-refractivity contribution in [2.75, 3.05) is 25.1 Å². The second-order valence-electron chi connectivity index (χ2n) is 6.19. The molecule has 1 aliphatic rings. The number of anilines is 1. The monoisotopic (exact) mass is 322 g/mol. The molecule has 1 heterocycles. The fourth-order valence-corrected chi connectivity index (χ4v) is 3.11. The summed E-state index contributed by atoms with van der Waals surface area (Å²) in [5.74, 6) is -0.293. The predicted molar refractivity (Wildman–Crippen MR) is 96.8 cm³/mol. The Morgan fingerprint density at radius 3 is 2.54 bits per heavy atom. The molecular weight excluding hydrogens is 300 g/mol. The molecule has 0 spiro atoms. The molecule has 0 radical (unpaired) electrons. The van der Waals surface area contributed by atoms with Crippen molar-refractivity contribution in [2.45, 2.75) is 19.4 Å². The maximum atomic E-state index is 12.6. The molecule has 0 aliphatic carbocycles. The third-order valence-corrected chi connectivity index (χ3v) is 4.24. The van der Waals surface area contributed by atoms with Crippen molar-refractivity contribution in [3.8, 4) is 0 Å². The summed E-state index contributed by atoms with van der Waals surface area (Å²) >= 11 is 0. The lowest BCUT2D eigenvalue weighted by Gasteiger charge is -2.28. The molecule has 24 heavy (non-hydrogen) atoms. The van der Waals surface area contributed by atoms with E-state index >= 15 is 0 Å². The van der Waals surface area contributed by atoms with E-state index in [4.69, 9.17) is 9.73 Å². The van der Waals surface area contributed by atoms with Crippen LogP contribution in [-0.2, 0) is 9.53 Å². The van der Waals surface area contributed by atoms with Gasteiger partial charge in [0.25, 0.3) is 0 Å². The van der Waals surface area contributed by atoms with Crippen LogP contribution in [0.2, 0.25) is 0 Å². The van der Waals surface area contributed by atoms with Crippen molar-refractivity contribution < 1.29 is 9.53 Å². The fraction of sp³-hybridized carbons (Fsp3) is 0.300. The van der Waals surface area contributed by atoms with Crippen LogP contribution in [0.15, 0.2) is 59.6 Å². The van der Waals surface area contributed by atoms with E-state index in [-0.39, 0.29) is 5.97 Å². The molecule has 1 aliphatic heterocycles. The zero-order chi connectivity index (χ0) is 17.2. The van der Waals surface area contributed by atoms with Crippen LogP contribution in [0.5, 0.6) is 0 Å². The SMILES string of the molecule is CCOC(=O)C1(C)CN(C)c2ccccc2C(c2ccccc2)=N1. The van der Waals surface area contributed by atoms with Crippen molar-refractivity contribution >= 4 is 17.4 Å². The van der Waals surface area contributed by atoms with Crippen LogP contribution in [0.3, 0.4) is 0 Å². The average Bonchev–Trinajstić information content (AvgIpc) is 2.72. The first-order valence-corrected chi connectivity index (χ1v) is 8.18. The van der Waals surface area contributed by atoms with E-state index in [1.165, 1.54) is 0 Å². The molecule has 2 aromatic carbocycles. The Labute approximate surface area is 142 Å². The van der Waals surface area contributed by atoms with Crippen LogP contribution in [-0.4, -0.2) is 37.4 Å². The van der Waals surface area contributed by atoms with Crippen LogP contribution < -0.4 is 4.90 Å². The predicted octanol–water partition coefficient (Wildman–Crippen LogP) is 3.30. The van der Waals surface area contributed by atoms with Gasteiger partial charge < -0.3 is 9.64 Å². The first-order valence-electron chi connectivity index (χ1n) is 8.18. The number of para-hydroxylation sites is 1. The third kappa shape index (κ3) is 2.92. The van der Waals surface area contributed by atoms with Crippen LogP contribution >= 0.6 is 0 Å².